The van der Waals surface area contributed by atoms with E-state index in [4.69, 9.17) is 11.6 Å². The molecule has 3 nitrogen and oxygen atoms in total. The first kappa shape index (κ1) is 10.9. The number of amides is 1. The lowest BCUT2D eigenvalue weighted by Crippen LogP contribution is -2.11. The average Bonchev–Trinajstić information content (AvgIpc) is 2.59. The molecule has 0 fully saturated rings. The van der Waals surface area contributed by atoms with E-state index in [0.717, 1.165) is 10.2 Å². The van der Waals surface area contributed by atoms with Crippen molar-refractivity contribution >= 4 is 60.1 Å². The van der Waals surface area contributed by atoms with Crippen LogP contribution in [-0.2, 0) is 4.79 Å². The zero-order valence-corrected chi connectivity index (χ0v) is 10.6. The molecule has 0 saturated heterocycles. The Labute approximate surface area is 104 Å². The second kappa shape index (κ2) is 4.47. The number of alkyl halides is 1. The van der Waals surface area contributed by atoms with E-state index in [-0.39, 0.29) is 11.2 Å². The van der Waals surface area contributed by atoms with Crippen LogP contribution in [0.15, 0.2) is 18.2 Å². The molecule has 0 atom stereocenters. The summed E-state index contributed by atoms with van der Waals surface area (Å²) in [6.45, 7) is 0. The molecule has 0 aliphatic heterocycles. The van der Waals surface area contributed by atoms with E-state index in [1.807, 2.05) is 12.1 Å². The molecule has 2 aromatic rings. The minimum absolute atomic E-state index is 0.111. The van der Waals surface area contributed by atoms with Gasteiger partial charge >= 0.3 is 0 Å². The predicted molar refractivity (Wildman–Crippen MR) is 67.1 cm³/mol. The van der Waals surface area contributed by atoms with Gasteiger partial charge in [0.2, 0.25) is 5.91 Å². The SMILES string of the molecule is O=C(CBr)Nc1nc2ccc(Cl)cc2s1. The second-order valence-electron chi connectivity index (χ2n) is 2.81. The number of benzene rings is 1. The molecule has 1 N–H and O–H groups in total. The largest absolute Gasteiger partial charge is 0.301 e. The third kappa shape index (κ3) is 2.48. The first-order chi connectivity index (χ1) is 7.19. The number of rotatable bonds is 2. The van der Waals surface area contributed by atoms with Crippen molar-refractivity contribution < 1.29 is 4.79 Å². The summed E-state index contributed by atoms with van der Waals surface area (Å²) in [6.07, 6.45) is 0. The summed E-state index contributed by atoms with van der Waals surface area (Å²) in [5.41, 5.74) is 0.842. The van der Waals surface area contributed by atoms with Crippen molar-refractivity contribution in [2.24, 2.45) is 0 Å². The summed E-state index contributed by atoms with van der Waals surface area (Å²) in [5, 5.41) is 4.21. The van der Waals surface area contributed by atoms with Gasteiger partial charge in [0.05, 0.1) is 15.5 Å². The first-order valence-corrected chi connectivity index (χ1v) is 6.42. The van der Waals surface area contributed by atoms with Crippen LogP contribution in [0.4, 0.5) is 5.13 Å². The Morgan fingerprint density at radius 1 is 1.60 bits per heavy atom. The minimum atomic E-state index is -0.111. The maximum absolute atomic E-state index is 11.1. The highest BCUT2D eigenvalue weighted by Crippen LogP contribution is 2.28. The number of carbonyl (C=O) groups excluding carboxylic acids is 1. The smallest absolute Gasteiger partial charge is 0.236 e. The lowest BCUT2D eigenvalue weighted by atomic mass is 10.3. The molecule has 6 heteroatoms. The number of hydrogen-bond donors (Lipinski definition) is 1. The van der Waals surface area contributed by atoms with Crippen LogP contribution in [0, 0.1) is 0 Å². The molecular weight excluding hydrogens is 300 g/mol. The van der Waals surface area contributed by atoms with Crippen LogP contribution >= 0.6 is 38.9 Å². The molecule has 2 rings (SSSR count). The fourth-order valence-electron chi connectivity index (χ4n) is 1.10. The third-order valence-corrected chi connectivity index (χ3v) is 3.40. The monoisotopic (exact) mass is 304 g/mol. The maximum Gasteiger partial charge on any atom is 0.236 e. The van der Waals surface area contributed by atoms with Gasteiger partial charge in [-0.05, 0) is 18.2 Å². The van der Waals surface area contributed by atoms with Crippen molar-refractivity contribution in [2.75, 3.05) is 10.6 Å². The van der Waals surface area contributed by atoms with Crippen molar-refractivity contribution in [3.05, 3.63) is 23.2 Å². The van der Waals surface area contributed by atoms with Crippen LogP contribution in [0.2, 0.25) is 5.02 Å². The summed E-state index contributed by atoms with van der Waals surface area (Å²) < 4.78 is 0.965. The van der Waals surface area contributed by atoms with E-state index in [1.165, 1.54) is 11.3 Å². The molecule has 1 amide bonds. The molecule has 15 heavy (non-hydrogen) atoms. The Balaban J connectivity index is 2.34. The summed E-state index contributed by atoms with van der Waals surface area (Å²) in [4.78, 5) is 15.4. The number of halogens is 2. The highest BCUT2D eigenvalue weighted by molar-refractivity contribution is 9.09. The van der Waals surface area contributed by atoms with Crippen LogP contribution in [0.5, 0.6) is 0 Å². The topological polar surface area (TPSA) is 42.0 Å². The van der Waals surface area contributed by atoms with Gasteiger partial charge in [-0.15, -0.1) is 0 Å². The average molecular weight is 306 g/mol. The van der Waals surface area contributed by atoms with Gasteiger partial charge < -0.3 is 5.32 Å². The molecule has 1 heterocycles. The zero-order valence-electron chi connectivity index (χ0n) is 7.46. The zero-order chi connectivity index (χ0) is 10.8. The molecule has 0 spiro atoms. The molecular formula is C9H6BrClN2OS. The summed E-state index contributed by atoms with van der Waals surface area (Å²) in [5.74, 6) is -0.111. The fourth-order valence-corrected chi connectivity index (χ4v) is 2.40. The normalized spacial score (nSPS) is 10.5. The van der Waals surface area contributed by atoms with Gasteiger partial charge in [0, 0.05) is 5.02 Å². The van der Waals surface area contributed by atoms with Gasteiger partial charge in [0.1, 0.15) is 0 Å². The van der Waals surface area contributed by atoms with Crippen molar-refractivity contribution in [1.29, 1.82) is 0 Å². The van der Waals surface area contributed by atoms with Crippen molar-refractivity contribution in [3.63, 3.8) is 0 Å². The Morgan fingerprint density at radius 3 is 3.13 bits per heavy atom. The minimum Gasteiger partial charge on any atom is -0.301 e. The van der Waals surface area contributed by atoms with E-state index < -0.39 is 0 Å². The lowest BCUT2D eigenvalue weighted by molar-refractivity contribution is -0.113. The molecule has 1 aromatic carbocycles. The van der Waals surface area contributed by atoms with Gasteiger partial charge in [-0.3, -0.25) is 4.79 Å². The number of fused-ring (bicyclic) bond motifs is 1. The Morgan fingerprint density at radius 2 is 2.40 bits per heavy atom. The van der Waals surface area contributed by atoms with Gasteiger partial charge in [-0.25, -0.2) is 4.98 Å². The van der Waals surface area contributed by atoms with E-state index in [1.54, 1.807) is 6.07 Å². The standard InChI is InChI=1S/C9H6BrClN2OS/c10-4-8(14)13-9-12-6-2-1-5(11)3-7(6)15-9/h1-3H,4H2,(H,12,13,14). The third-order valence-electron chi connectivity index (χ3n) is 1.72. The molecule has 0 aliphatic rings. The van der Waals surface area contributed by atoms with Crippen LogP contribution in [-0.4, -0.2) is 16.2 Å². The quantitative estimate of drug-likeness (QED) is 0.865. The summed E-state index contributed by atoms with van der Waals surface area (Å²) in [6, 6.07) is 5.44. The number of thiazole rings is 1. The molecule has 0 radical (unpaired) electrons. The molecule has 0 bridgehead atoms. The van der Waals surface area contributed by atoms with Crippen molar-refractivity contribution in [1.82, 2.24) is 4.98 Å². The lowest BCUT2D eigenvalue weighted by Gasteiger charge is -1.94. The number of carbonyl (C=O) groups is 1. The second-order valence-corrected chi connectivity index (χ2v) is 4.84. The molecule has 78 valence electrons. The highest BCUT2D eigenvalue weighted by Gasteiger charge is 2.06. The Kier molecular flexibility index (Phi) is 3.23. The van der Waals surface area contributed by atoms with Gasteiger partial charge in [-0.1, -0.05) is 38.9 Å². The van der Waals surface area contributed by atoms with Crippen molar-refractivity contribution in [2.45, 2.75) is 0 Å². The molecule has 0 aliphatic carbocycles. The number of aromatic nitrogens is 1. The number of hydrogen-bond acceptors (Lipinski definition) is 3. The molecule has 0 saturated carbocycles. The number of anilines is 1. The molecule has 0 unspecified atom stereocenters. The van der Waals surface area contributed by atoms with Gasteiger partial charge in [0.15, 0.2) is 5.13 Å². The van der Waals surface area contributed by atoms with E-state index in [2.05, 4.69) is 26.2 Å². The maximum atomic E-state index is 11.1. The van der Waals surface area contributed by atoms with Crippen LogP contribution in [0.25, 0.3) is 10.2 Å². The van der Waals surface area contributed by atoms with Gasteiger partial charge in [-0.2, -0.15) is 0 Å². The van der Waals surface area contributed by atoms with E-state index in [0.29, 0.717) is 10.2 Å². The summed E-state index contributed by atoms with van der Waals surface area (Å²) >= 11 is 10.3. The van der Waals surface area contributed by atoms with E-state index in [9.17, 15) is 4.79 Å². The van der Waals surface area contributed by atoms with Crippen LogP contribution in [0.3, 0.4) is 0 Å². The molecule has 1 aromatic heterocycles. The number of nitrogens with one attached hydrogen (secondary N) is 1. The Hall–Kier alpha value is -0.650. The van der Waals surface area contributed by atoms with E-state index >= 15 is 0 Å². The first-order valence-electron chi connectivity index (χ1n) is 4.11. The fraction of sp³-hybridized carbons (Fsp3) is 0.111. The van der Waals surface area contributed by atoms with Crippen LogP contribution in [0.1, 0.15) is 0 Å². The highest BCUT2D eigenvalue weighted by atomic mass is 79.9. The van der Waals surface area contributed by atoms with Crippen LogP contribution < -0.4 is 5.32 Å². The Bertz CT molecular complexity index is 514. The predicted octanol–water partition coefficient (Wildman–Crippen LogP) is 3.28. The summed E-state index contributed by atoms with van der Waals surface area (Å²) in [7, 11) is 0. The van der Waals surface area contributed by atoms with Gasteiger partial charge in [0.25, 0.3) is 0 Å². The van der Waals surface area contributed by atoms with Crippen molar-refractivity contribution in [3.8, 4) is 0 Å². The number of nitrogens with zero attached hydrogens (tertiary/aromatic N) is 1.